The third-order valence-electron chi connectivity index (χ3n) is 2.87. The molecule has 0 saturated heterocycles. The molecule has 0 amide bonds. The van der Waals surface area contributed by atoms with E-state index in [1.54, 1.807) is 0 Å². The van der Waals surface area contributed by atoms with Crippen LogP contribution < -0.4 is 5.73 Å². The maximum Gasteiger partial charge on any atom is 0.135 e. The molecule has 3 rings (SSSR count). The molecule has 0 fully saturated rings. The van der Waals surface area contributed by atoms with E-state index in [1.165, 1.54) is 16.3 Å². The van der Waals surface area contributed by atoms with Crippen LogP contribution in [0.15, 0.2) is 46.9 Å². The Morgan fingerprint density at radius 2 is 1.75 bits per heavy atom. The fraction of sp³-hybridized carbons (Fsp3) is 0.143. The molecule has 1 heterocycles. The van der Waals surface area contributed by atoms with Crippen LogP contribution >= 0.6 is 0 Å². The first-order valence-corrected chi connectivity index (χ1v) is 5.49. The van der Waals surface area contributed by atoms with Crippen LogP contribution in [-0.2, 0) is 6.42 Å². The lowest BCUT2D eigenvalue weighted by Crippen LogP contribution is -2.02. The lowest BCUT2D eigenvalue weighted by molar-refractivity contribution is 0.668. The van der Waals surface area contributed by atoms with Gasteiger partial charge in [0.25, 0.3) is 0 Å². The predicted molar refractivity (Wildman–Crippen MR) is 66.5 cm³/mol. The van der Waals surface area contributed by atoms with Gasteiger partial charge in [-0.2, -0.15) is 0 Å². The maximum absolute atomic E-state index is 5.75. The molecule has 2 aromatic carbocycles. The number of hydrogen-bond acceptors (Lipinski definition) is 2. The second kappa shape index (κ2) is 3.65. The van der Waals surface area contributed by atoms with Gasteiger partial charge in [0.15, 0.2) is 0 Å². The molecule has 0 aliphatic rings. The molecular weight excluding hydrogens is 198 g/mol. The Labute approximate surface area is 93.7 Å². The Bertz CT molecular complexity index is 639. The molecule has 0 saturated carbocycles. The Kier molecular flexibility index (Phi) is 2.15. The highest BCUT2D eigenvalue weighted by Crippen LogP contribution is 2.29. The summed E-state index contributed by atoms with van der Waals surface area (Å²) in [6, 6.07) is 14.4. The molecule has 80 valence electrons. The number of furan rings is 1. The van der Waals surface area contributed by atoms with Gasteiger partial charge in [-0.1, -0.05) is 24.3 Å². The summed E-state index contributed by atoms with van der Waals surface area (Å²) in [5, 5.41) is 2.36. The Morgan fingerprint density at radius 3 is 2.62 bits per heavy atom. The van der Waals surface area contributed by atoms with Gasteiger partial charge in [0, 0.05) is 10.8 Å². The molecule has 0 atom stereocenters. The summed E-state index contributed by atoms with van der Waals surface area (Å²) in [6.07, 6.45) is 0.912. The average molecular weight is 211 g/mol. The van der Waals surface area contributed by atoms with Crippen molar-refractivity contribution < 1.29 is 4.42 Å². The van der Waals surface area contributed by atoms with Crippen molar-refractivity contribution in [1.82, 2.24) is 0 Å². The summed E-state index contributed by atoms with van der Waals surface area (Å²) in [5.74, 6) is 0. The van der Waals surface area contributed by atoms with Gasteiger partial charge in [0.05, 0.1) is 0 Å². The highest BCUT2D eigenvalue weighted by molar-refractivity contribution is 6.04. The zero-order valence-corrected chi connectivity index (χ0v) is 8.94. The highest BCUT2D eigenvalue weighted by Gasteiger charge is 2.06. The molecular formula is C14H13NO. The average Bonchev–Trinajstić information content (AvgIpc) is 2.68. The van der Waals surface area contributed by atoms with Crippen LogP contribution in [0.1, 0.15) is 5.56 Å². The molecule has 3 aromatic rings. The molecule has 1 aromatic heterocycles. The Hall–Kier alpha value is -1.80. The predicted octanol–water partition coefficient (Wildman–Crippen LogP) is 3.09. The first-order valence-electron chi connectivity index (χ1n) is 5.49. The van der Waals surface area contributed by atoms with Gasteiger partial charge in [0.1, 0.15) is 11.2 Å². The van der Waals surface area contributed by atoms with Crippen molar-refractivity contribution in [3.8, 4) is 0 Å². The second-order valence-corrected chi connectivity index (χ2v) is 3.97. The van der Waals surface area contributed by atoms with Crippen molar-refractivity contribution in [2.24, 2.45) is 5.73 Å². The lowest BCUT2D eigenvalue weighted by atomic mass is 10.1. The molecule has 2 heteroatoms. The van der Waals surface area contributed by atoms with Crippen LogP contribution in [0, 0.1) is 0 Å². The van der Waals surface area contributed by atoms with Crippen LogP contribution in [0.3, 0.4) is 0 Å². The quantitative estimate of drug-likeness (QED) is 0.707. The Morgan fingerprint density at radius 1 is 0.938 bits per heavy atom. The number of benzene rings is 2. The van der Waals surface area contributed by atoms with E-state index in [1.807, 2.05) is 24.3 Å². The normalized spacial score (nSPS) is 11.3. The number of hydrogen-bond donors (Lipinski definition) is 1. The van der Waals surface area contributed by atoms with E-state index in [4.69, 9.17) is 10.2 Å². The van der Waals surface area contributed by atoms with E-state index in [9.17, 15) is 0 Å². The minimum absolute atomic E-state index is 0.682. The van der Waals surface area contributed by atoms with Gasteiger partial charge in [-0.05, 0) is 36.7 Å². The number of para-hydroxylation sites is 1. The van der Waals surface area contributed by atoms with Crippen molar-refractivity contribution in [2.45, 2.75) is 6.42 Å². The van der Waals surface area contributed by atoms with Crippen molar-refractivity contribution in [2.75, 3.05) is 6.54 Å². The van der Waals surface area contributed by atoms with Gasteiger partial charge in [-0.3, -0.25) is 0 Å². The molecule has 0 aliphatic heterocycles. The third-order valence-corrected chi connectivity index (χ3v) is 2.87. The summed E-state index contributed by atoms with van der Waals surface area (Å²) >= 11 is 0. The minimum atomic E-state index is 0.682. The van der Waals surface area contributed by atoms with Crippen LogP contribution in [0.4, 0.5) is 0 Å². The lowest BCUT2D eigenvalue weighted by Gasteiger charge is -1.97. The highest BCUT2D eigenvalue weighted by atomic mass is 16.3. The number of nitrogens with two attached hydrogens (primary N) is 1. The van der Waals surface area contributed by atoms with E-state index in [-0.39, 0.29) is 0 Å². The van der Waals surface area contributed by atoms with Gasteiger partial charge >= 0.3 is 0 Å². The van der Waals surface area contributed by atoms with Crippen LogP contribution in [-0.4, -0.2) is 6.54 Å². The van der Waals surface area contributed by atoms with Crippen LogP contribution in [0.25, 0.3) is 21.9 Å². The van der Waals surface area contributed by atoms with E-state index in [0.717, 1.165) is 17.6 Å². The Balaban J connectivity index is 2.31. The van der Waals surface area contributed by atoms with Gasteiger partial charge in [0.2, 0.25) is 0 Å². The van der Waals surface area contributed by atoms with E-state index in [0.29, 0.717) is 6.54 Å². The fourth-order valence-corrected chi connectivity index (χ4v) is 2.10. The topological polar surface area (TPSA) is 39.2 Å². The summed E-state index contributed by atoms with van der Waals surface area (Å²) in [6.45, 7) is 0.682. The molecule has 0 bridgehead atoms. The molecule has 0 unspecified atom stereocenters. The van der Waals surface area contributed by atoms with E-state index >= 15 is 0 Å². The van der Waals surface area contributed by atoms with Crippen molar-refractivity contribution in [3.63, 3.8) is 0 Å². The van der Waals surface area contributed by atoms with E-state index in [2.05, 4.69) is 18.2 Å². The largest absolute Gasteiger partial charge is 0.456 e. The second-order valence-electron chi connectivity index (χ2n) is 3.97. The molecule has 0 aliphatic carbocycles. The molecule has 2 nitrogen and oxygen atoms in total. The van der Waals surface area contributed by atoms with Crippen LogP contribution in [0.5, 0.6) is 0 Å². The summed E-state index contributed by atoms with van der Waals surface area (Å²) in [4.78, 5) is 0. The standard InChI is InChI=1S/C14H13NO/c15-8-7-10-5-6-14-12(9-10)11-3-1-2-4-13(11)16-14/h1-6,9H,7-8,15H2. The van der Waals surface area contributed by atoms with E-state index < -0.39 is 0 Å². The summed E-state index contributed by atoms with van der Waals surface area (Å²) < 4.78 is 5.75. The van der Waals surface area contributed by atoms with Crippen LogP contribution in [0.2, 0.25) is 0 Å². The van der Waals surface area contributed by atoms with Gasteiger partial charge in [-0.15, -0.1) is 0 Å². The van der Waals surface area contributed by atoms with Crippen molar-refractivity contribution in [1.29, 1.82) is 0 Å². The zero-order chi connectivity index (χ0) is 11.0. The fourth-order valence-electron chi connectivity index (χ4n) is 2.10. The first-order chi connectivity index (χ1) is 7.88. The summed E-state index contributed by atoms with van der Waals surface area (Å²) in [7, 11) is 0. The van der Waals surface area contributed by atoms with Crippen molar-refractivity contribution in [3.05, 3.63) is 48.0 Å². The first kappa shape index (κ1) is 9.43. The maximum atomic E-state index is 5.75. The summed E-state index contributed by atoms with van der Waals surface area (Å²) in [5.41, 5.74) is 8.73. The monoisotopic (exact) mass is 211 g/mol. The molecule has 0 spiro atoms. The zero-order valence-electron chi connectivity index (χ0n) is 8.94. The van der Waals surface area contributed by atoms with Crippen molar-refractivity contribution >= 4 is 21.9 Å². The SMILES string of the molecule is NCCc1ccc2oc3ccccc3c2c1. The smallest absolute Gasteiger partial charge is 0.135 e. The van der Waals surface area contributed by atoms with Gasteiger partial charge in [-0.25, -0.2) is 0 Å². The number of rotatable bonds is 2. The number of fused-ring (bicyclic) bond motifs is 3. The van der Waals surface area contributed by atoms with Gasteiger partial charge < -0.3 is 10.2 Å². The third kappa shape index (κ3) is 1.39. The molecule has 2 N–H and O–H groups in total. The molecule has 16 heavy (non-hydrogen) atoms. The molecule has 0 radical (unpaired) electrons. The minimum Gasteiger partial charge on any atom is -0.456 e.